The van der Waals surface area contributed by atoms with Gasteiger partial charge in [-0.3, -0.25) is 4.79 Å². The number of benzene rings is 2. The number of amides is 1. The van der Waals surface area contributed by atoms with Crippen molar-refractivity contribution in [2.24, 2.45) is 11.0 Å². The molecule has 0 aromatic heterocycles. The van der Waals surface area contributed by atoms with E-state index in [9.17, 15) is 4.79 Å². The Kier molecular flexibility index (Phi) is 6.62. The molecule has 1 heterocycles. The largest absolute Gasteiger partial charge is 0.497 e. The molecule has 2 aromatic carbocycles. The molecule has 0 saturated carbocycles. The monoisotopic (exact) mass is 382 g/mol. The molecule has 0 radical (unpaired) electrons. The second-order valence-corrected chi connectivity index (χ2v) is 6.61. The highest BCUT2D eigenvalue weighted by Gasteiger charge is 2.37. The SMILES string of the molecule is CCOc1ccc(C2NNC(C(=O)N/N=C/c3ccc(OC)cc3)C2C)cc1. The quantitative estimate of drug-likeness (QED) is 0.506. The predicted octanol–water partition coefficient (Wildman–Crippen LogP) is 2.40. The predicted molar refractivity (Wildman–Crippen MR) is 108 cm³/mol. The van der Waals surface area contributed by atoms with Crippen LogP contribution < -0.4 is 25.8 Å². The van der Waals surface area contributed by atoms with E-state index in [0.717, 1.165) is 22.6 Å². The zero-order valence-electron chi connectivity index (χ0n) is 16.3. The van der Waals surface area contributed by atoms with Gasteiger partial charge in [0.05, 0.1) is 26.0 Å². The highest BCUT2D eigenvalue weighted by atomic mass is 16.5. The van der Waals surface area contributed by atoms with Crippen LogP contribution in [0.2, 0.25) is 0 Å². The van der Waals surface area contributed by atoms with Crippen LogP contribution in [0.15, 0.2) is 53.6 Å². The van der Waals surface area contributed by atoms with Crippen molar-refractivity contribution in [1.82, 2.24) is 16.3 Å². The van der Waals surface area contributed by atoms with E-state index in [4.69, 9.17) is 9.47 Å². The Labute approximate surface area is 165 Å². The molecular formula is C21H26N4O3. The number of hydrogen-bond acceptors (Lipinski definition) is 6. The van der Waals surface area contributed by atoms with Crippen LogP contribution in [-0.4, -0.2) is 31.9 Å². The van der Waals surface area contributed by atoms with Crippen LogP contribution in [0.4, 0.5) is 0 Å². The number of hydrazone groups is 1. The van der Waals surface area contributed by atoms with E-state index in [1.807, 2.05) is 62.4 Å². The van der Waals surface area contributed by atoms with Crippen molar-refractivity contribution < 1.29 is 14.3 Å². The molecule has 0 aliphatic carbocycles. The van der Waals surface area contributed by atoms with Crippen molar-refractivity contribution in [2.45, 2.75) is 25.9 Å². The summed E-state index contributed by atoms with van der Waals surface area (Å²) in [4.78, 5) is 12.5. The minimum Gasteiger partial charge on any atom is -0.497 e. The normalized spacial score (nSPS) is 21.6. The first-order valence-corrected chi connectivity index (χ1v) is 9.33. The van der Waals surface area contributed by atoms with E-state index in [1.165, 1.54) is 0 Å². The molecule has 1 saturated heterocycles. The maximum absolute atomic E-state index is 12.5. The minimum absolute atomic E-state index is 0.0250. The van der Waals surface area contributed by atoms with Gasteiger partial charge in [0.1, 0.15) is 17.5 Å². The molecule has 1 aliphatic rings. The van der Waals surface area contributed by atoms with Gasteiger partial charge in [0.25, 0.3) is 5.91 Å². The Bertz CT molecular complexity index is 805. The number of carbonyl (C=O) groups is 1. The molecule has 3 rings (SSSR count). The number of methoxy groups -OCH3 is 1. The van der Waals surface area contributed by atoms with E-state index in [1.54, 1.807) is 13.3 Å². The van der Waals surface area contributed by atoms with E-state index >= 15 is 0 Å². The number of nitrogens with one attached hydrogen (secondary N) is 3. The van der Waals surface area contributed by atoms with E-state index in [0.29, 0.717) is 6.61 Å². The first kappa shape index (κ1) is 19.9. The standard InChI is InChI=1S/C21H26N4O3/c1-4-28-18-11-7-16(8-12-18)19-14(2)20(24-23-19)21(26)25-22-13-15-5-9-17(27-3)10-6-15/h5-14,19-20,23-24H,4H2,1-3H3,(H,25,26)/b22-13+. The Morgan fingerprint density at radius 1 is 1.11 bits per heavy atom. The van der Waals surface area contributed by atoms with Crippen LogP contribution in [0.1, 0.15) is 31.0 Å². The molecule has 3 unspecified atom stereocenters. The number of hydrogen-bond donors (Lipinski definition) is 3. The van der Waals surface area contributed by atoms with Gasteiger partial charge in [0.2, 0.25) is 0 Å². The first-order valence-electron chi connectivity index (χ1n) is 9.33. The molecule has 148 valence electrons. The molecular weight excluding hydrogens is 356 g/mol. The number of nitrogens with zero attached hydrogens (tertiary/aromatic N) is 1. The molecule has 1 aliphatic heterocycles. The van der Waals surface area contributed by atoms with Crippen LogP contribution in [0, 0.1) is 5.92 Å². The Morgan fingerprint density at radius 2 is 1.79 bits per heavy atom. The van der Waals surface area contributed by atoms with Gasteiger partial charge in [-0.05, 0) is 54.4 Å². The second kappa shape index (κ2) is 9.34. The van der Waals surface area contributed by atoms with Crippen LogP contribution >= 0.6 is 0 Å². The van der Waals surface area contributed by atoms with Gasteiger partial charge in [0, 0.05) is 5.92 Å². The molecule has 0 bridgehead atoms. The van der Waals surface area contributed by atoms with Gasteiger partial charge in [-0.15, -0.1) is 0 Å². The fourth-order valence-electron chi connectivity index (χ4n) is 3.19. The van der Waals surface area contributed by atoms with Crippen LogP contribution in [0.5, 0.6) is 11.5 Å². The lowest BCUT2D eigenvalue weighted by atomic mass is 9.91. The summed E-state index contributed by atoms with van der Waals surface area (Å²) in [6, 6.07) is 15.0. The summed E-state index contributed by atoms with van der Waals surface area (Å²) < 4.78 is 10.6. The third-order valence-electron chi connectivity index (χ3n) is 4.78. The topological polar surface area (TPSA) is 84.0 Å². The second-order valence-electron chi connectivity index (χ2n) is 6.61. The molecule has 3 atom stereocenters. The molecule has 1 amide bonds. The fourth-order valence-corrected chi connectivity index (χ4v) is 3.19. The van der Waals surface area contributed by atoms with Gasteiger partial charge in [0.15, 0.2) is 0 Å². The third kappa shape index (κ3) is 4.68. The summed E-state index contributed by atoms with van der Waals surface area (Å²) in [6.07, 6.45) is 1.61. The smallest absolute Gasteiger partial charge is 0.258 e. The average molecular weight is 382 g/mol. The van der Waals surface area contributed by atoms with Gasteiger partial charge in [-0.25, -0.2) is 16.3 Å². The molecule has 2 aromatic rings. The zero-order valence-corrected chi connectivity index (χ0v) is 16.3. The van der Waals surface area contributed by atoms with Crippen molar-refractivity contribution in [3.05, 3.63) is 59.7 Å². The number of rotatable bonds is 7. The van der Waals surface area contributed by atoms with Crippen molar-refractivity contribution >= 4 is 12.1 Å². The van der Waals surface area contributed by atoms with Gasteiger partial charge < -0.3 is 9.47 Å². The van der Waals surface area contributed by atoms with Crippen LogP contribution in [0.3, 0.4) is 0 Å². The van der Waals surface area contributed by atoms with Crippen molar-refractivity contribution in [2.75, 3.05) is 13.7 Å². The summed E-state index contributed by atoms with van der Waals surface area (Å²) in [7, 11) is 1.62. The van der Waals surface area contributed by atoms with Crippen molar-refractivity contribution in [3.63, 3.8) is 0 Å². The van der Waals surface area contributed by atoms with E-state index in [-0.39, 0.29) is 23.9 Å². The van der Waals surface area contributed by atoms with Crippen LogP contribution in [0.25, 0.3) is 0 Å². The lowest BCUT2D eigenvalue weighted by Crippen LogP contribution is -2.43. The first-order chi connectivity index (χ1) is 13.6. The molecule has 7 nitrogen and oxygen atoms in total. The number of ether oxygens (including phenoxy) is 2. The fraction of sp³-hybridized carbons (Fsp3) is 0.333. The lowest BCUT2D eigenvalue weighted by molar-refractivity contribution is -0.123. The molecule has 28 heavy (non-hydrogen) atoms. The molecule has 3 N–H and O–H groups in total. The van der Waals surface area contributed by atoms with Gasteiger partial charge in [-0.2, -0.15) is 5.10 Å². The minimum atomic E-state index is -0.385. The lowest BCUT2D eigenvalue weighted by Gasteiger charge is -2.18. The van der Waals surface area contributed by atoms with E-state index in [2.05, 4.69) is 21.4 Å². The van der Waals surface area contributed by atoms with Crippen molar-refractivity contribution in [1.29, 1.82) is 0 Å². The third-order valence-corrected chi connectivity index (χ3v) is 4.78. The molecule has 1 fully saturated rings. The summed E-state index contributed by atoms with van der Waals surface area (Å²) in [5, 5.41) is 4.06. The maximum atomic E-state index is 12.5. The molecule has 7 heteroatoms. The Balaban J connectivity index is 1.56. The zero-order chi connectivity index (χ0) is 19.9. The van der Waals surface area contributed by atoms with Crippen LogP contribution in [-0.2, 0) is 4.79 Å². The van der Waals surface area contributed by atoms with Crippen molar-refractivity contribution in [3.8, 4) is 11.5 Å². The summed E-state index contributed by atoms with van der Waals surface area (Å²) in [5.74, 6) is 1.48. The summed E-state index contributed by atoms with van der Waals surface area (Å²) in [6.45, 7) is 4.63. The van der Waals surface area contributed by atoms with Gasteiger partial charge in [-0.1, -0.05) is 19.1 Å². The number of carbonyl (C=O) groups excluding carboxylic acids is 1. The highest BCUT2D eigenvalue weighted by Crippen LogP contribution is 2.29. The summed E-state index contributed by atoms with van der Waals surface area (Å²) >= 11 is 0. The highest BCUT2D eigenvalue weighted by molar-refractivity contribution is 5.85. The Morgan fingerprint density at radius 3 is 2.43 bits per heavy atom. The molecule has 0 spiro atoms. The van der Waals surface area contributed by atoms with E-state index < -0.39 is 0 Å². The van der Waals surface area contributed by atoms with Gasteiger partial charge >= 0.3 is 0 Å². The average Bonchev–Trinajstić information content (AvgIpc) is 3.11. The number of hydrazine groups is 1. The Hall–Kier alpha value is -2.90. The summed E-state index contributed by atoms with van der Waals surface area (Å²) in [5.41, 5.74) is 10.9. The maximum Gasteiger partial charge on any atom is 0.258 e.